The van der Waals surface area contributed by atoms with Gasteiger partial charge in [-0.3, -0.25) is 9.81 Å². The molecule has 6 nitrogen and oxygen atoms in total. The molecule has 2 rings (SSSR count). The lowest BCUT2D eigenvalue weighted by molar-refractivity contribution is 0.181. The van der Waals surface area contributed by atoms with Gasteiger partial charge >= 0.3 is 6.09 Å². The van der Waals surface area contributed by atoms with Gasteiger partial charge in [-0.25, -0.2) is 13.6 Å². The summed E-state index contributed by atoms with van der Waals surface area (Å²) in [6, 6.07) is 2.94. The lowest BCUT2D eigenvalue weighted by Gasteiger charge is -2.12. The van der Waals surface area contributed by atoms with Crippen molar-refractivity contribution >= 4 is 11.8 Å². The van der Waals surface area contributed by atoms with Gasteiger partial charge in [0.25, 0.3) is 0 Å². The average Bonchev–Trinajstić information content (AvgIpc) is 2.64. The first-order chi connectivity index (χ1) is 8.08. The molecule has 1 aliphatic heterocycles. The molecule has 0 aliphatic carbocycles. The smallest absolute Gasteiger partial charge is 0.414 e. The fraction of sp³-hybridized carbons (Fsp3) is 0.222. The molecule has 8 heteroatoms. The zero-order valence-corrected chi connectivity index (χ0v) is 8.51. The van der Waals surface area contributed by atoms with Crippen LogP contribution in [0.1, 0.15) is 0 Å². The standard InChI is InChI=1S/C9H7F2NO2.N3/c10-6-3-7(11)5-8(4-6)12-1-2-14-9(12)13;1-3-2/h3-5H,1-2H2;/q;-1. The Labute approximate surface area is 94.8 Å². The Morgan fingerprint density at radius 1 is 1.24 bits per heavy atom. The number of carbonyl (C=O) groups is 1. The Morgan fingerprint density at radius 3 is 2.18 bits per heavy atom. The third-order valence-corrected chi connectivity index (χ3v) is 1.92. The molecule has 0 atom stereocenters. The van der Waals surface area contributed by atoms with Gasteiger partial charge < -0.3 is 15.8 Å². The Balaban J connectivity index is 0.000000437. The van der Waals surface area contributed by atoms with Gasteiger partial charge in [-0.1, -0.05) is 0 Å². The monoisotopic (exact) mass is 241 g/mol. The number of benzene rings is 1. The van der Waals surface area contributed by atoms with Crippen LogP contribution < -0.4 is 4.90 Å². The average molecular weight is 241 g/mol. The Bertz CT molecular complexity index is 440. The van der Waals surface area contributed by atoms with E-state index in [4.69, 9.17) is 11.1 Å². The number of amides is 1. The fourth-order valence-electron chi connectivity index (χ4n) is 1.32. The first-order valence-corrected chi connectivity index (χ1v) is 4.47. The van der Waals surface area contributed by atoms with Crippen LogP contribution in [-0.4, -0.2) is 19.2 Å². The van der Waals surface area contributed by atoms with E-state index < -0.39 is 17.7 Å². The van der Waals surface area contributed by atoms with E-state index in [0.29, 0.717) is 6.54 Å². The third kappa shape index (κ3) is 3.32. The molecule has 1 heterocycles. The molecule has 1 aromatic rings. The molecular weight excluding hydrogens is 234 g/mol. The molecule has 1 amide bonds. The number of nitrogens with zero attached hydrogens (tertiary/aromatic N) is 4. The molecule has 0 unspecified atom stereocenters. The van der Waals surface area contributed by atoms with Crippen LogP contribution in [0, 0.1) is 11.6 Å². The Hall–Kier alpha value is -2.34. The second kappa shape index (κ2) is 5.66. The van der Waals surface area contributed by atoms with Crippen molar-refractivity contribution in [3.63, 3.8) is 0 Å². The topological polar surface area (TPSA) is 88.2 Å². The quantitative estimate of drug-likeness (QED) is 0.429. The van der Waals surface area contributed by atoms with Crippen molar-refractivity contribution in [3.05, 3.63) is 45.8 Å². The van der Waals surface area contributed by atoms with E-state index >= 15 is 0 Å². The van der Waals surface area contributed by atoms with Crippen LogP contribution in [0.5, 0.6) is 0 Å². The summed E-state index contributed by atoms with van der Waals surface area (Å²) in [5.74, 6) is -1.42. The highest BCUT2D eigenvalue weighted by molar-refractivity contribution is 5.89. The van der Waals surface area contributed by atoms with Crippen molar-refractivity contribution in [2.45, 2.75) is 0 Å². The Morgan fingerprint density at radius 2 is 1.76 bits per heavy atom. The summed E-state index contributed by atoms with van der Waals surface area (Å²) >= 11 is 0. The molecule has 0 radical (unpaired) electrons. The SMILES string of the molecule is O=C1OCCN1c1cc(F)cc(F)c1.[N-]=[N+]=[N-]. The second-order valence-electron chi connectivity index (χ2n) is 2.98. The van der Waals surface area contributed by atoms with Crippen molar-refractivity contribution < 1.29 is 18.3 Å². The van der Waals surface area contributed by atoms with Crippen LogP contribution >= 0.6 is 0 Å². The molecule has 0 N–H and O–H groups in total. The lowest BCUT2D eigenvalue weighted by Crippen LogP contribution is -2.23. The van der Waals surface area contributed by atoms with Gasteiger partial charge in [0, 0.05) is 6.07 Å². The molecular formula is C9H7F2N4O2-. The van der Waals surface area contributed by atoms with E-state index in [2.05, 4.69) is 4.74 Å². The summed E-state index contributed by atoms with van der Waals surface area (Å²) in [4.78, 5) is 13.7. The largest absolute Gasteiger partial charge is 0.447 e. The number of cyclic esters (lactones) is 1. The van der Waals surface area contributed by atoms with Gasteiger partial charge in [0.2, 0.25) is 0 Å². The zero-order valence-electron chi connectivity index (χ0n) is 8.51. The second-order valence-corrected chi connectivity index (χ2v) is 2.98. The summed E-state index contributed by atoms with van der Waals surface area (Å²) in [5.41, 5.74) is 13.7. The molecule has 17 heavy (non-hydrogen) atoms. The van der Waals surface area contributed by atoms with Gasteiger partial charge in [-0.15, -0.1) is 0 Å². The first-order valence-electron chi connectivity index (χ1n) is 4.47. The minimum absolute atomic E-state index is 0.185. The maximum absolute atomic E-state index is 12.8. The highest BCUT2D eigenvalue weighted by atomic mass is 19.1. The molecule has 1 aromatic carbocycles. The number of hydrogen-bond acceptors (Lipinski definition) is 2. The number of hydrogen-bond donors (Lipinski definition) is 0. The van der Waals surface area contributed by atoms with Gasteiger partial charge in [-0.2, -0.15) is 0 Å². The van der Waals surface area contributed by atoms with Gasteiger partial charge in [0.1, 0.15) is 18.2 Å². The molecule has 0 bridgehead atoms. The number of halogens is 2. The number of carbonyl (C=O) groups excluding carboxylic acids is 1. The minimum Gasteiger partial charge on any atom is -0.447 e. The summed E-state index contributed by atoms with van der Waals surface area (Å²) in [5, 5.41) is 0. The summed E-state index contributed by atoms with van der Waals surface area (Å²) in [7, 11) is 0. The van der Waals surface area contributed by atoms with Crippen molar-refractivity contribution in [3.8, 4) is 0 Å². The van der Waals surface area contributed by atoms with Crippen LogP contribution in [0.15, 0.2) is 18.2 Å². The highest BCUT2D eigenvalue weighted by Gasteiger charge is 2.24. The van der Waals surface area contributed by atoms with Crippen LogP contribution in [-0.2, 0) is 4.74 Å². The van der Waals surface area contributed by atoms with Gasteiger partial charge in [0.05, 0.1) is 12.2 Å². The minimum atomic E-state index is -0.709. The number of rotatable bonds is 1. The van der Waals surface area contributed by atoms with Crippen LogP contribution in [0.2, 0.25) is 0 Å². The molecule has 1 fully saturated rings. The van der Waals surface area contributed by atoms with E-state index in [1.54, 1.807) is 0 Å². The van der Waals surface area contributed by atoms with Gasteiger partial charge in [0.15, 0.2) is 0 Å². The maximum Gasteiger partial charge on any atom is 0.414 e. The van der Waals surface area contributed by atoms with E-state index in [0.717, 1.165) is 18.2 Å². The summed E-state index contributed by atoms with van der Waals surface area (Å²) in [6.07, 6.45) is -0.574. The Kier molecular flexibility index (Phi) is 4.24. The van der Waals surface area contributed by atoms with Crippen molar-refractivity contribution in [2.75, 3.05) is 18.1 Å². The fourth-order valence-corrected chi connectivity index (χ4v) is 1.32. The zero-order chi connectivity index (χ0) is 12.8. The van der Waals surface area contributed by atoms with E-state index in [1.165, 1.54) is 9.81 Å². The maximum atomic E-state index is 12.8. The molecule has 1 saturated heterocycles. The highest BCUT2D eigenvalue weighted by Crippen LogP contribution is 2.20. The van der Waals surface area contributed by atoms with Crippen molar-refractivity contribution in [2.24, 2.45) is 0 Å². The third-order valence-electron chi connectivity index (χ3n) is 1.92. The number of ether oxygens (including phenoxy) is 1. The summed E-state index contributed by atoms with van der Waals surface area (Å²) < 4.78 is 30.2. The van der Waals surface area contributed by atoms with Crippen LogP contribution in [0.25, 0.3) is 16.0 Å². The van der Waals surface area contributed by atoms with Crippen LogP contribution in [0.4, 0.5) is 19.3 Å². The van der Waals surface area contributed by atoms with E-state index in [-0.39, 0.29) is 12.3 Å². The molecule has 90 valence electrons. The predicted molar refractivity (Wildman–Crippen MR) is 55.1 cm³/mol. The molecule has 0 spiro atoms. The predicted octanol–water partition coefficient (Wildman–Crippen LogP) is 2.79. The molecule has 1 aliphatic rings. The van der Waals surface area contributed by atoms with Gasteiger partial charge in [-0.05, 0) is 12.1 Å². The van der Waals surface area contributed by atoms with Crippen LogP contribution in [0.3, 0.4) is 0 Å². The van der Waals surface area contributed by atoms with E-state index in [1.807, 2.05) is 0 Å². The molecule has 0 aromatic heterocycles. The van der Waals surface area contributed by atoms with Crippen molar-refractivity contribution in [1.82, 2.24) is 0 Å². The lowest BCUT2D eigenvalue weighted by atomic mass is 10.3. The first kappa shape index (κ1) is 12.7. The van der Waals surface area contributed by atoms with E-state index in [9.17, 15) is 13.6 Å². The molecule has 0 saturated carbocycles. The number of anilines is 1. The summed E-state index contributed by atoms with van der Waals surface area (Å²) in [6.45, 7) is 0.568. The van der Waals surface area contributed by atoms with Crippen molar-refractivity contribution in [1.29, 1.82) is 0 Å². The normalized spacial score (nSPS) is 13.5.